The first-order valence-corrected chi connectivity index (χ1v) is 14.0. The summed E-state index contributed by atoms with van der Waals surface area (Å²) in [5, 5.41) is 0. The Morgan fingerprint density at radius 1 is 0.615 bits per heavy atom. The standard InChI is InChI=1S/C29H58O10/c1-22-20-25(8,9)29(38-32-18-16-26(10,11)30-14,39-33-19-17-27(12,13)31-15)28(21-22,36-34-23(2,3)4)37-35-24(5,6)7/h22H,16-21H2,1-15H3. The summed E-state index contributed by atoms with van der Waals surface area (Å²) in [4.78, 5) is 48.3. The van der Waals surface area contributed by atoms with Crippen LogP contribution in [0.4, 0.5) is 0 Å². The van der Waals surface area contributed by atoms with Crippen LogP contribution in [0.3, 0.4) is 0 Å². The van der Waals surface area contributed by atoms with Crippen LogP contribution in [0, 0.1) is 11.3 Å². The molecule has 1 saturated carbocycles. The fourth-order valence-electron chi connectivity index (χ4n) is 4.16. The van der Waals surface area contributed by atoms with Crippen molar-refractivity contribution in [1.82, 2.24) is 0 Å². The van der Waals surface area contributed by atoms with Crippen molar-refractivity contribution in [2.24, 2.45) is 11.3 Å². The van der Waals surface area contributed by atoms with Gasteiger partial charge in [-0.25, -0.2) is 19.6 Å². The zero-order chi connectivity index (χ0) is 30.4. The molecule has 1 rings (SSSR count). The van der Waals surface area contributed by atoms with Gasteiger partial charge in [-0.05, 0) is 81.6 Å². The van der Waals surface area contributed by atoms with Crippen molar-refractivity contribution in [2.45, 2.75) is 150 Å². The van der Waals surface area contributed by atoms with Gasteiger partial charge in [0.25, 0.3) is 11.6 Å². The van der Waals surface area contributed by atoms with Crippen molar-refractivity contribution in [2.75, 3.05) is 27.4 Å². The topological polar surface area (TPSA) is 92.3 Å². The minimum atomic E-state index is -1.77. The Labute approximate surface area is 237 Å². The Balaban J connectivity index is 3.55. The zero-order valence-electron chi connectivity index (χ0n) is 27.4. The molecule has 1 aliphatic carbocycles. The van der Waals surface area contributed by atoms with E-state index >= 15 is 0 Å². The highest BCUT2D eigenvalue weighted by Gasteiger charge is 2.73. The van der Waals surface area contributed by atoms with Crippen molar-refractivity contribution in [3.63, 3.8) is 0 Å². The van der Waals surface area contributed by atoms with Crippen molar-refractivity contribution < 1.29 is 48.6 Å². The van der Waals surface area contributed by atoms with Crippen LogP contribution in [0.15, 0.2) is 0 Å². The van der Waals surface area contributed by atoms with E-state index in [0.29, 0.717) is 25.7 Å². The number of hydrogen-bond acceptors (Lipinski definition) is 10. The molecule has 0 saturated heterocycles. The van der Waals surface area contributed by atoms with Gasteiger partial charge in [-0.2, -0.15) is 19.6 Å². The molecule has 1 atom stereocenters. The van der Waals surface area contributed by atoms with E-state index < -0.39 is 39.4 Å². The third kappa shape index (κ3) is 11.1. The summed E-state index contributed by atoms with van der Waals surface area (Å²) >= 11 is 0. The van der Waals surface area contributed by atoms with E-state index in [4.69, 9.17) is 48.6 Å². The molecule has 0 heterocycles. The third-order valence-corrected chi connectivity index (χ3v) is 6.75. The minimum absolute atomic E-state index is 0.118. The van der Waals surface area contributed by atoms with Crippen molar-refractivity contribution in [3.8, 4) is 0 Å². The fourth-order valence-corrected chi connectivity index (χ4v) is 4.16. The van der Waals surface area contributed by atoms with E-state index in [9.17, 15) is 0 Å². The molecule has 234 valence electrons. The van der Waals surface area contributed by atoms with Gasteiger partial charge in [0.05, 0.1) is 35.6 Å². The zero-order valence-corrected chi connectivity index (χ0v) is 27.4. The van der Waals surface area contributed by atoms with Crippen LogP contribution in [0.1, 0.15) is 116 Å². The molecule has 0 spiro atoms. The largest absolute Gasteiger partial charge is 0.379 e. The molecule has 10 heteroatoms. The highest BCUT2D eigenvalue weighted by atomic mass is 17.4. The van der Waals surface area contributed by atoms with Gasteiger partial charge in [0.2, 0.25) is 0 Å². The summed E-state index contributed by atoms with van der Waals surface area (Å²) < 4.78 is 11.1. The molecular weight excluding hydrogens is 508 g/mol. The van der Waals surface area contributed by atoms with E-state index in [2.05, 4.69) is 6.92 Å². The molecule has 0 N–H and O–H groups in total. The van der Waals surface area contributed by atoms with Crippen LogP contribution in [0.2, 0.25) is 0 Å². The molecule has 0 amide bonds. The van der Waals surface area contributed by atoms with Gasteiger partial charge in [0, 0.05) is 38.9 Å². The molecule has 0 radical (unpaired) electrons. The third-order valence-electron chi connectivity index (χ3n) is 6.75. The summed E-state index contributed by atoms with van der Waals surface area (Å²) in [7, 11) is 3.32. The van der Waals surface area contributed by atoms with Crippen LogP contribution in [0.25, 0.3) is 0 Å². The Morgan fingerprint density at radius 2 is 1.00 bits per heavy atom. The van der Waals surface area contributed by atoms with Gasteiger partial charge < -0.3 is 9.47 Å². The summed E-state index contributed by atoms with van der Waals surface area (Å²) in [6, 6.07) is 0. The number of hydrogen-bond donors (Lipinski definition) is 0. The van der Waals surface area contributed by atoms with Gasteiger partial charge in [0.15, 0.2) is 0 Å². The van der Waals surface area contributed by atoms with Crippen molar-refractivity contribution >= 4 is 0 Å². The molecule has 0 aromatic rings. The second-order valence-corrected chi connectivity index (χ2v) is 14.6. The lowest BCUT2D eigenvalue weighted by atomic mass is 9.65. The normalized spacial score (nSPS) is 21.8. The Hall–Kier alpha value is -0.400. The van der Waals surface area contributed by atoms with E-state index in [1.165, 1.54) is 0 Å². The number of rotatable bonds is 16. The summed E-state index contributed by atoms with van der Waals surface area (Å²) in [5.41, 5.74) is -2.95. The summed E-state index contributed by atoms with van der Waals surface area (Å²) in [5.74, 6) is -3.38. The molecule has 39 heavy (non-hydrogen) atoms. The molecule has 0 aromatic carbocycles. The summed E-state index contributed by atoms with van der Waals surface area (Å²) in [6.45, 7) is 25.6. The molecule has 10 nitrogen and oxygen atoms in total. The van der Waals surface area contributed by atoms with Gasteiger partial charge in [-0.15, -0.1) is 0 Å². The predicted molar refractivity (Wildman–Crippen MR) is 147 cm³/mol. The molecule has 1 aliphatic rings. The van der Waals surface area contributed by atoms with Gasteiger partial charge >= 0.3 is 0 Å². The van der Waals surface area contributed by atoms with Gasteiger partial charge in [-0.1, -0.05) is 20.8 Å². The van der Waals surface area contributed by atoms with Gasteiger partial charge in [-0.3, -0.25) is 0 Å². The number of ether oxygens (including phenoxy) is 2. The lowest BCUT2D eigenvalue weighted by molar-refractivity contribution is -0.663. The first-order chi connectivity index (χ1) is 17.6. The highest BCUT2D eigenvalue weighted by molar-refractivity contribution is 5.03. The minimum Gasteiger partial charge on any atom is -0.379 e. The van der Waals surface area contributed by atoms with Crippen LogP contribution in [-0.4, -0.2) is 61.4 Å². The molecular formula is C29H58O10. The molecule has 1 fully saturated rings. The van der Waals surface area contributed by atoms with E-state index in [1.807, 2.05) is 83.1 Å². The average molecular weight is 567 g/mol. The number of methoxy groups -OCH3 is 2. The van der Waals surface area contributed by atoms with E-state index in [1.54, 1.807) is 14.2 Å². The highest BCUT2D eigenvalue weighted by Crippen LogP contribution is 2.57. The Bertz CT molecular complexity index is 679. The lowest BCUT2D eigenvalue weighted by Crippen LogP contribution is -2.71. The first-order valence-electron chi connectivity index (χ1n) is 14.0. The fraction of sp³-hybridized carbons (Fsp3) is 1.00. The first kappa shape index (κ1) is 36.6. The lowest BCUT2D eigenvalue weighted by Gasteiger charge is -2.56. The molecule has 0 bridgehead atoms. The van der Waals surface area contributed by atoms with Crippen LogP contribution >= 0.6 is 0 Å². The maximum atomic E-state index is 6.24. The van der Waals surface area contributed by atoms with Crippen LogP contribution in [-0.2, 0) is 48.6 Å². The summed E-state index contributed by atoms with van der Waals surface area (Å²) in [6.07, 6.45) is 2.12. The molecule has 0 aliphatic heterocycles. The monoisotopic (exact) mass is 566 g/mol. The predicted octanol–water partition coefficient (Wildman–Crippen LogP) is 6.86. The maximum Gasteiger partial charge on any atom is 0.297 e. The second-order valence-electron chi connectivity index (χ2n) is 14.6. The van der Waals surface area contributed by atoms with Crippen LogP contribution in [0.5, 0.6) is 0 Å². The molecule has 0 aromatic heterocycles. The van der Waals surface area contributed by atoms with Crippen molar-refractivity contribution in [1.29, 1.82) is 0 Å². The average Bonchev–Trinajstić information content (AvgIpc) is 2.77. The van der Waals surface area contributed by atoms with Crippen molar-refractivity contribution in [3.05, 3.63) is 0 Å². The SMILES string of the molecule is COC(C)(C)CCOOC1(OOCCC(C)(C)OC)C(C)(C)CC(C)CC1(OOC(C)(C)C)OOC(C)(C)C. The van der Waals surface area contributed by atoms with E-state index in [0.717, 1.165) is 0 Å². The van der Waals surface area contributed by atoms with E-state index in [-0.39, 0.29) is 19.1 Å². The second kappa shape index (κ2) is 13.7. The Kier molecular flexibility index (Phi) is 12.9. The quantitative estimate of drug-likeness (QED) is 0.0854. The smallest absolute Gasteiger partial charge is 0.297 e. The van der Waals surface area contributed by atoms with Gasteiger partial charge in [0.1, 0.15) is 0 Å². The maximum absolute atomic E-state index is 6.24. The molecule has 1 unspecified atom stereocenters. The van der Waals surface area contributed by atoms with Crippen LogP contribution < -0.4 is 0 Å². The Morgan fingerprint density at radius 3 is 1.33 bits per heavy atom.